The summed E-state index contributed by atoms with van der Waals surface area (Å²) in [4.78, 5) is 35.5. The lowest BCUT2D eigenvalue weighted by Gasteiger charge is -2.11. The summed E-state index contributed by atoms with van der Waals surface area (Å²) >= 11 is 6.21. The first-order valence-corrected chi connectivity index (χ1v) is 10.5. The number of hydrazone groups is 1. The first-order chi connectivity index (χ1) is 15.2. The molecule has 2 rings (SSSR count). The maximum Gasteiger partial charge on any atom is 0.329 e. The Morgan fingerprint density at radius 2 is 1.88 bits per heavy atom. The molecular weight excluding hydrogens is 432 g/mol. The number of nitrogens with one attached hydrogen (secondary N) is 3. The van der Waals surface area contributed by atoms with Gasteiger partial charge < -0.3 is 15.4 Å². The largest absolute Gasteiger partial charge is 0.482 e. The van der Waals surface area contributed by atoms with E-state index in [1.54, 1.807) is 25.1 Å². The highest BCUT2D eigenvalue weighted by Gasteiger charge is 2.14. The zero-order chi connectivity index (χ0) is 23.7. The number of hydrogen-bond acceptors (Lipinski definition) is 5. The van der Waals surface area contributed by atoms with Crippen molar-refractivity contribution >= 4 is 41.2 Å². The molecule has 2 aromatic rings. The van der Waals surface area contributed by atoms with Crippen molar-refractivity contribution in [2.24, 2.45) is 5.10 Å². The van der Waals surface area contributed by atoms with Crippen LogP contribution in [0.2, 0.25) is 5.02 Å². The lowest BCUT2D eigenvalue weighted by Crippen LogP contribution is -2.41. The first kappa shape index (κ1) is 24.9. The molecule has 0 aromatic heterocycles. The van der Waals surface area contributed by atoms with Crippen LogP contribution in [-0.2, 0) is 14.4 Å². The number of rotatable bonds is 8. The number of halogens is 1. The van der Waals surface area contributed by atoms with Gasteiger partial charge >= 0.3 is 11.8 Å². The van der Waals surface area contributed by atoms with Gasteiger partial charge in [-0.25, -0.2) is 5.43 Å². The summed E-state index contributed by atoms with van der Waals surface area (Å²) in [5.41, 5.74) is 5.53. The molecular formula is C23H27ClN4O4. The maximum absolute atomic E-state index is 12.2. The molecule has 0 bridgehead atoms. The van der Waals surface area contributed by atoms with Crippen LogP contribution in [-0.4, -0.2) is 36.6 Å². The Morgan fingerprint density at radius 1 is 1.12 bits per heavy atom. The molecule has 0 saturated heterocycles. The van der Waals surface area contributed by atoms with Crippen LogP contribution in [0.5, 0.6) is 5.75 Å². The van der Waals surface area contributed by atoms with Crippen molar-refractivity contribution in [2.45, 2.75) is 40.2 Å². The standard InChI is InChI=1S/C23H27ClN4O4/c1-5-16(4)26-22(30)23(31)28-25-12-17-7-9-20(18(24)11-17)32-13-21(29)27-19-8-6-14(2)10-15(19)3/h6-12,16H,5,13H2,1-4H3,(H,26,30)(H,27,29)(H,28,31)/b25-12-/t16-/m1/s1. The predicted molar refractivity (Wildman–Crippen MR) is 125 cm³/mol. The van der Waals surface area contributed by atoms with Gasteiger partial charge in [0.25, 0.3) is 5.91 Å². The van der Waals surface area contributed by atoms with Crippen molar-refractivity contribution in [2.75, 3.05) is 11.9 Å². The van der Waals surface area contributed by atoms with Gasteiger partial charge in [-0.3, -0.25) is 14.4 Å². The zero-order valence-electron chi connectivity index (χ0n) is 18.5. The third-order valence-corrected chi connectivity index (χ3v) is 4.84. The minimum atomic E-state index is -0.859. The number of carbonyl (C=O) groups is 3. The number of carbonyl (C=O) groups excluding carboxylic acids is 3. The normalized spacial score (nSPS) is 11.7. The van der Waals surface area contributed by atoms with Gasteiger partial charge in [-0.2, -0.15) is 5.10 Å². The number of ether oxygens (including phenoxy) is 1. The lowest BCUT2D eigenvalue weighted by atomic mass is 10.1. The van der Waals surface area contributed by atoms with Crippen LogP contribution in [0.1, 0.15) is 37.0 Å². The Morgan fingerprint density at radius 3 is 2.53 bits per heavy atom. The van der Waals surface area contributed by atoms with Crippen LogP contribution in [0.15, 0.2) is 41.5 Å². The fraction of sp³-hybridized carbons (Fsp3) is 0.304. The number of hydrogen-bond donors (Lipinski definition) is 3. The summed E-state index contributed by atoms with van der Waals surface area (Å²) in [7, 11) is 0. The summed E-state index contributed by atoms with van der Waals surface area (Å²) in [6.45, 7) is 7.39. The maximum atomic E-state index is 12.2. The van der Waals surface area contributed by atoms with E-state index in [0.717, 1.165) is 16.8 Å². The van der Waals surface area contributed by atoms with Gasteiger partial charge in [0, 0.05) is 11.7 Å². The molecule has 0 spiro atoms. The van der Waals surface area contributed by atoms with E-state index in [1.807, 2.05) is 39.0 Å². The molecule has 0 aliphatic heterocycles. The molecule has 0 unspecified atom stereocenters. The fourth-order valence-electron chi connectivity index (χ4n) is 2.61. The molecule has 3 N–H and O–H groups in total. The average molecular weight is 459 g/mol. The van der Waals surface area contributed by atoms with Gasteiger partial charge in [0.15, 0.2) is 6.61 Å². The summed E-state index contributed by atoms with van der Waals surface area (Å²) in [5, 5.41) is 9.37. The quantitative estimate of drug-likeness (QED) is 0.320. The van der Waals surface area contributed by atoms with Crippen LogP contribution in [0.4, 0.5) is 5.69 Å². The Bertz CT molecular complexity index is 1020. The molecule has 1 atom stereocenters. The molecule has 0 radical (unpaired) electrons. The average Bonchev–Trinajstić information content (AvgIpc) is 2.74. The van der Waals surface area contributed by atoms with Crippen LogP contribution in [0, 0.1) is 13.8 Å². The van der Waals surface area contributed by atoms with Gasteiger partial charge in [0.05, 0.1) is 11.2 Å². The second kappa shape index (κ2) is 11.9. The SMILES string of the molecule is CC[C@@H](C)NC(=O)C(=O)N/N=C\c1ccc(OCC(=O)Nc2ccc(C)cc2C)c(Cl)c1. The van der Waals surface area contributed by atoms with E-state index in [4.69, 9.17) is 16.3 Å². The van der Waals surface area contributed by atoms with Crippen LogP contribution in [0.3, 0.4) is 0 Å². The number of benzene rings is 2. The van der Waals surface area contributed by atoms with Crippen molar-refractivity contribution in [1.82, 2.24) is 10.7 Å². The zero-order valence-corrected chi connectivity index (χ0v) is 19.2. The third kappa shape index (κ3) is 7.70. The monoisotopic (exact) mass is 458 g/mol. The predicted octanol–water partition coefficient (Wildman–Crippen LogP) is 3.34. The van der Waals surface area contributed by atoms with E-state index >= 15 is 0 Å². The lowest BCUT2D eigenvalue weighted by molar-refractivity contribution is -0.139. The highest BCUT2D eigenvalue weighted by atomic mass is 35.5. The highest BCUT2D eigenvalue weighted by molar-refractivity contribution is 6.35. The molecule has 2 aromatic carbocycles. The first-order valence-electron chi connectivity index (χ1n) is 10.1. The summed E-state index contributed by atoms with van der Waals surface area (Å²) < 4.78 is 5.50. The van der Waals surface area contributed by atoms with Crippen molar-refractivity contribution in [3.05, 3.63) is 58.1 Å². The molecule has 170 valence electrons. The number of nitrogens with zero attached hydrogens (tertiary/aromatic N) is 1. The smallest absolute Gasteiger partial charge is 0.329 e. The van der Waals surface area contributed by atoms with Gasteiger partial charge in [-0.05, 0) is 62.6 Å². The van der Waals surface area contributed by atoms with Crippen molar-refractivity contribution in [1.29, 1.82) is 0 Å². The van der Waals surface area contributed by atoms with Gasteiger partial charge in [-0.1, -0.05) is 36.2 Å². The van der Waals surface area contributed by atoms with E-state index in [1.165, 1.54) is 6.21 Å². The van der Waals surface area contributed by atoms with E-state index in [2.05, 4.69) is 21.2 Å². The summed E-state index contributed by atoms with van der Waals surface area (Å²) in [6.07, 6.45) is 2.05. The summed E-state index contributed by atoms with van der Waals surface area (Å²) in [5.74, 6) is -1.59. The molecule has 0 heterocycles. The van der Waals surface area contributed by atoms with Gasteiger partial charge in [0.1, 0.15) is 5.75 Å². The number of aryl methyl sites for hydroxylation is 2. The number of amides is 3. The topological polar surface area (TPSA) is 109 Å². The molecule has 0 aliphatic rings. The Labute approximate surface area is 192 Å². The fourth-order valence-corrected chi connectivity index (χ4v) is 2.85. The highest BCUT2D eigenvalue weighted by Crippen LogP contribution is 2.25. The Hall–Kier alpha value is -3.39. The van der Waals surface area contributed by atoms with E-state index in [0.29, 0.717) is 17.7 Å². The van der Waals surface area contributed by atoms with E-state index in [-0.39, 0.29) is 23.6 Å². The minimum absolute atomic E-state index is 0.105. The number of anilines is 1. The molecule has 8 nitrogen and oxygen atoms in total. The van der Waals surface area contributed by atoms with Gasteiger partial charge in [-0.15, -0.1) is 0 Å². The van der Waals surface area contributed by atoms with E-state index < -0.39 is 11.8 Å². The summed E-state index contributed by atoms with van der Waals surface area (Å²) in [6, 6.07) is 10.4. The molecule has 0 aliphatic carbocycles. The minimum Gasteiger partial charge on any atom is -0.482 e. The van der Waals surface area contributed by atoms with Gasteiger partial charge in [0.2, 0.25) is 0 Å². The second-order valence-corrected chi connectivity index (χ2v) is 7.73. The molecule has 3 amide bonds. The van der Waals surface area contributed by atoms with Crippen molar-refractivity contribution in [3.63, 3.8) is 0 Å². The molecule has 9 heteroatoms. The third-order valence-electron chi connectivity index (χ3n) is 4.55. The Balaban J connectivity index is 1.87. The molecule has 0 saturated carbocycles. The molecule has 32 heavy (non-hydrogen) atoms. The van der Waals surface area contributed by atoms with Crippen molar-refractivity contribution < 1.29 is 19.1 Å². The second-order valence-electron chi connectivity index (χ2n) is 7.33. The van der Waals surface area contributed by atoms with Crippen molar-refractivity contribution in [3.8, 4) is 5.75 Å². The van der Waals surface area contributed by atoms with Crippen LogP contribution in [0.25, 0.3) is 0 Å². The van der Waals surface area contributed by atoms with E-state index in [9.17, 15) is 14.4 Å². The van der Waals surface area contributed by atoms with Crippen LogP contribution >= 0.6 is 11.6 Å². The Kier molecular flexibility index (Phi) is 9.22. The molecule has 0 fully saturated rings. The van der Waals surface area contributed by atoms with Crippen LogP contribution < -0.4 is 20.8 Å².